The highest BCUT2D eigenvalue weighted by Crippen LogP contribution is 2.32. The van der Waals surface area contributed by atoms with Crippen molar-refractivity contribution in [1.82, 2.24) is 9.78 Å². The highest BCUT2D eigenvalue weighted by molar-refractivity contribution is 5.25. The second kappa shape index (κ2) is 5.89. The Hall–Kier alpha value is -1.82. The molecular weight excluding hydrogens is 281 g/mol. The van der Waals surface area contributed by atoms with Gasteiger partial charge in [-0.1, -0.05) is 38.1 Å². The molecule has 1 aromatic carbocycles. The summed E-state index contributed by atoms with van der Waals surface area (Å²) >= 11 is 0. The van der Waals surface area contributed by atoms with Crippen LogP contribution in [0.4, 0.5) is 13.2 Å². The third-order valence-corrected chi connectivity index (χ3v) is 3.27. The summed E-state index contributed by atoms with van der Waals surface area (Å²) in [5.41, 5.74) is 1.78. The molecule has 3 nitrogen and oxygen atoms in total. The molecule has 0 radical (unpaired) electrons. The number of nitrogens with zero attached hydrogens (tertiary/aromatic N) is 2. The Balaban J connectivity index is 2.08. The minimum atomic E-state index is -4.64. The van der Waals surface area contributed by atoms with Crippen molar-refractivity contribution in [3.05, 3.63) is 53.3 Å². The minimum Gasteiger partial charge on any atom is -0.379 e. The molecule has 0 fully saturated rings. The maximum atomic E-state index is 12.4. The Kier molecular flexibility index (Phi) is 4.37. The van der Waals surface area contributed by atoms with Gasteiger partial charge in [0.05, 0.1) is 12.7 Å². The standard InChI is InChI=1S/C15H17F3N2O/c1-10(2)13-7-19-20(9-13)8-11-3-5-12(6-4-11)14(21)15(16,17)18/h3-7,9-10,14,21H,8H2,1-2H3. The van der Waals surface area contributed by atoms with E-state index in [2.05, 4.69) is 18.9 Å². The summed E-state index contributed by atoms with van der Waals surface area (Å²) in [6.45, 7) is 4.61. The normalized spacial score (nSPS) is 13.7. The topological polar surface area (TPSA) is 38.0 Å². The smallest absolute Gasteiger partial charge is 0.379 e. The molecule has 2 rings (SSSR count). The Labute approximate surface area is 121 Å². The van der Waals surface area contributed by atoms with Crippen LogP contribution in [0.5, 0.6) is 0 Å². The summed E-state index contributed by atoms with van der Waals surface area (Å²) in [7, 11) is 0. The molecule has 0 spiro atoms. The van der Waals surface area contributed by atoms with Gasteiger partial charge in [-0.25, -0.2) is 0 Å². The average molecular weight is 298 g/mol. The van der Waals surface area contributed by atoms with Crippen LogP contribution in [-0.4, -0.2) is 21.1 Å². The molecule has 1 atom stereocenters. The van der Waals surface area contributed by atoms with E-state index in [0.29, 0.717) is 12.5 Å². The van der Waals surface area contributed by atoms with E-state index >= 15 is 0 Å². The van der Waals surface area contributed by atoms with Gasteiger partial charge in [0.1, 0.15) is 0 Å². The molecule has 0 saturated carbocycles. The van der Waals surface area contributed by atoms with Crippen LogP contribution in [0.2, 0.25) is 0 Å². The van der Waals surface area contributed by atoms with Crippen LogP contribution in [0.1, 0.15) is 42.6 Å². The van der Waals surface area contributed by atoms with Gasteiger partial charge in [-0.3, -0.25) is 4.68 Å². The lowest BCUT2D eigenvalue weighted by molar-refractivity contribution is -0.206. The molecule has 0 saturated heterocycles. The van der Waals surface area contributed by atoms with Crippen molar-refractivity contribution >= 4 is 0 Å². The van der Waals surface area contributed by atoms with Gasteiger partial charge in [0.2, 0.25) is 0 Å². The van der Waals surface area contributed by atoms with E-state index < -0.39 is 12.3 Å². The predicted molar refractivity (Wildman–Crippen MR) is 72.9 cm³/mol. The molecule has 0 aliphatic rings. The molecule has 0 bridgehead atoms. The number of hydrogen-bond donors (Lipinski definition) is 1. The molecule has 21 heavy (non-hydrogen) atoms. The van der Waals surface area contributed by atoms with Crippen molar-refractivity contribution in [3.63, 3.8) is 0 Å². The van der Waals surface area contributed by atoms with E-state index in [0.717, 1.165) is 11.1 Å². The first-order valence-electron chi connectivity index (χ1n) is 6.63. The summed E-state index contributed by atoms with van der Waals surface area (Å²) in [5.74, 6) is 0.378. The summed E-state index contributed by atoms with van der Waals surface area (Å²) in [5, 5.41) is 13.4. The van der Waals surface area contributed by atoms with Crippen molar-refractivity contribution in [2.45, 2.75) is 38.6 Å². The van der Waals surface area contributed by atoms with Crippen molar-refractivity contribution < 1.29 is 18.3 Å². The van der Waals surface area contributed by atoms with Crippen LogP contribution in [-0.2, 0) is 6.54 Å². The van der Waals surface area contributed by atoms with Crippen LogP contribution in [0.15, 0.2) is 36.7 Å². The number of aliphatic hydroxyl groups is 1. The van der Waals surface area contributed by atoms with Gasteiger partial charge < -0.3 is 5.11 Å². The molecule has 1 unspecified atom stereocenters. The van der Waals surface area contributed by atoms with Crippen molar-refractivity contribution in [2.24, 2.45) is 0 Å². The first kappa shape index (κ1) is 15.6. The van der Waals surface area contributed by atoms with E-state index in [4.69, 9.17) is 5.11 Å². The molecule has 2 aromatic rings. The third-order valence-electron chi connectivity index (χ3n) is 3.27. The summed E-state index contributed by atoms with van der Waals surface area (Å²) < 4.78 is 38.9. The number of aromatic nitrogens is 2. The quantitative estimate of drug-likeness (QED) is 0.935. The summed E-state index contributed by atoms with van der Waals surface area (Å²) in [6, 6.07) is 5.72. The molecule has 114 valence electrons. The fourth-order valence-electron chi connectivity index (χ4n) is 1.95. The van der Waals surface area contributed by atoms with Gasteiger partial charge in [-0.15, -0.1) is 0 Å². The monoisotopic (exact) mass is 298 g/mol. The lowest BCUT2D eigenvalue weighted by atomic mass is 10.1. The molecule has 1 N–H and O–H groups in total. The van der Waals surface area contributed by atoms with Crippen LogP contribution < -0.4 is 0 Å². The number of benzene rings is 1. The van der Waals surface area contributed by atoms with Gasteiger partial charge >= 0.3 is 6.18 Å². The minimum absolute atomic E-state index is 0.158. The number of aliphatic hydroxyl groups excluding tert-OH is 1. The number of hydrogen-bond acceptors (Lipinski definition) is 2. The highest BCUT2D eigenvalue weighted by Gasteiger charge is 2.39. The largest absolute Gasteiger partial charge is 0.418 e. The van der Waals surface area contributed by atoms with Crippen LogP contribution in [0.3, 0.4) is 0 Å². The van der Waals surface area contributed by atoms with E-state index in [1.807, 2.05) is 6.20 Å². The first-order chi connectivity index (χ1) is 9.77. The van der Waals surface area contributed by atoms with E-state index in [1.165, 1.54) is 12.1 Å². The van der Waals surface area contributed by atoms with Crippen molar-refractivity contribution in [1.29, 1.82) is 0 Å². The van der Waals surface area contributed by atoms with Crippen LogP contribution >= 0.6 is 0 Å². The lowest BCUT2D eigenvalue weighted by Gasteiger charge is -2.15. The molecule has 1 heterocycles. The van der Waals surface area contributed by atoms with Gasteiger partial charge in [-0.05, 0) is 22.6 Å². The number of rotatable bonds is 4. The molecule has 6 heteroatoms. The number of alkyl halides is 3. The molecular formula is C15H17F3N2O. The van der Waals surface area contributed by atoms with Crippen molar-refractivity contribution in [3.8, 4) is 0 Å². The fourth-order valence-corrected chi connectivity index (χ4v) is 1.95. The van der Waals surface area contributed by atoms with Gasteiger partial charge in [0.15, 0.2) is 6.10 Å². The SMILES string of the molecule is CC(C)c1cnn(Cc2ccc(C(O)C(F)(F)F)cc2)c1. The Morgan fingerprint density at radius 3 is 2.24 bits per heavy atom. The maximum absolute atomic E-state index is 12.4. The van der Waals surface area contributed by atoms with Gasteiger partial charge in [0, 0.05) is 6.20 Å². The Morgan fingerprint density at radius 1 is 1.14 bits per heavy atom. The molecule has 0 aliphatic heterocycles. The predicted octanol–water partition coefficient (Wildman–Crippen LogP) is 3.65. The second-order valence-electron chi connectivity index (χ2n) is 5.31. The zero-order valence-corrected chi connectivity index (χ0v) is 11.8. The maximum Gasteiger partial charge on any atom is 0.418 e. The lowest BCUT2D eigenvalue weighted by Crippen LogP contribution is -2.20. The Bertz CT molecular complexity index is 588. The van der Waals surface area contributed by atoms with Crippen LogP contribution in [0.25, 0.3) is 0 Å². The zero-order chi connectivity index (χ0) is 15.6. The zero-order valence-electron chi connectivity index (χ0n) is 11.8. The average Bonchev–Trinajstić information content (AvgIpc) is 2.86. The highest BCUT2D eigenvalue weighted by atomic mass is 19.4. The summed E-state index contributed by atoms with van der Waals surface area (Å²) in [6.07, 6.45) is -3.38. The van der Waals surface area contributed by atoms with E-state index in [-0.39, 0.29) is 5.56 Å². The van der Waals surface area contributed by atoms with Crippen molar-refractivity contribution in [2.75, 3.05) is 0 Å². The second-order valence-corrected chi connectivity index (χ2v) is 5.31. The molecule has 0 amide bonds. The van der Waals surface area contributed by atoms with E-state index in [9.17, 15) is 13.2 Å². The van der Waals surface area contributed by atoms with E-state index in [1.54, 1.807) is 23.0 Å². The van der Waals surface area contributed by atoms with Gasteiger partial charge in [0.25, 0.3) is 0 Å². The third kappa shape index (κ3) is 3.85. The van der Waals surface area contributed by atoms with Gasteiger partial charge in [-0.2, -0.15) is 18.3 Å². The fraction of sp³-hybridized carbons (Fsp3) is 0.400. The number of halogens is 3. The molecule has 0 aliphatic carbocycles. The summed E-state index contributed by atoms with van der Waals surface area (Å²) in [4.78, 5) is 0. The van der Waals surface area contributed by atoms with Crippen LogP contribution in [0, 0.1) is 0 Å². The Morgan fingerprint density at radius 2 is 1.76 bits per heavy atom. The molecule has 1 aromatic heterocycles. The first-order valence-corrected chi connectivity index (χ1v) is 6.63.